The van der Waals surface area contributed by atoms with Crippen LogP contribution in [0.15, 0.2) is 47.4 Å². The summed E-state index contributed by atoms with van der Waals surface area (Å²) in [5.41, 5.74) is 0.546. The highest BCUT2D eigenvalue weighted by atomic mass is 32.2. The number of aromatic nitrogens is 1. The van der Waals surface area contributed by atoms with Crippen LogP contribution in [0.4, 0.5) is 4.39 Å². The molecule has 0 aliphatic rings. The molecule has 1 aromatic heterocycles. The van der Waals surface area contributed by atoms with E-state index >= 15 is 0 Å². The maximum atomic E-state index is 14.2. The normalized spacial score (nSPS) is 11.9. The summed E-state index contributed by atoms with van der Waals surface area (Å²) in [4.78, 5) is 18.3. The number of thiazole rings is 1. The maximum absolute atomic E-state index is 14.2. The number of para-hydroxylation sites is 1. The van der Waals surface area contributed by atoms with Crippen molar-refractivity contribution in [1.82, 2.24) is 14.2 Å². The van der Waals surface area contributed by atoms with E-state index in [1.807, 2.05) is 24.3 Å². The molecule has 0 atom stereocenters. The first kappa shape index (κ1) is 19.4. The monoisotopic (exact) mass is 407 g/mol. The Bertz CT molecular complexity index is 1080. The lowest BCUT2D eigenvalue weighted by molar-refractivity contribution is 0.0780. The van der Waals surface area contributed by atoms with Crippen LogP contribution in [0.3, 0.4) is 0 Å². The summed E-state index contributed by atoms with van der Waals surface area (Å²) < 4.78 is 40.7. The second-order valence-electron chi connectivity index (χ2n) is 6.17. The predicted molar refractivity (Wildman–Crippen MR) is 103 cm³/mol. The predicted octanol–water partition coefficient (Wildman–Crippen LogP) is 2.96. The minimum absolute atomic E-state index is 0.134. The Morgan fingerprint density at radius 1 is 1.15 bits per heavy atom. The molecule has 1 amide bonds. The van der Waals surface area contributed by atoms with Crippen molar-refractivity contribution in [3.05, 3.63) is 58.9 Å². The number of sulfonamides is 1. The third-order valence-electron chi connectivity index (χ3n) is 4.00. The van der Waals surface area contributed by atoms with Gasteiger partial charge in [-0.15, -0.1) is 11.3 Å². The van der Waals surface area contributed by atoms with Crippen molar-refractivity contribution in [2.45, 2.75) is 11.4 Å². The molecule has 142 valence electrons. The van der Waals surface area contributed by atoms with Crippen LogP contribution in [-0.4, -0.2) is 49.7 Å². The number of rotatable bonds is 5. The first-order valence-corrected chi connectivity index (χ1v) is 10.3. The Kier molecular flexibility index (Phi) is 5.27. The van der Waals surface area contributed by atoms with Crippen LogP contribution in [0.5, 0.6) is 0 Å². The third-order valence-corrected chi connectivity index (χ3v) is 6.84. The van der Waals surface area contributed by atoms with Gasteiger partial charge in [0.2, 0.25) is 10.0 Å². The maximum Gasteiger partial charge on any atom is 0.256 e. The molecule has 0 radical (unpaired) electrons. The number of hydrogen-bond donors (Lipinski definition) is 0. The van der Waals surface area contributed by atoms with E-state index in [9.17, 15) is 17.6 Å². The molecule has 9 heteroatoms. The number of nitrogens with zero attached hydrogens (tertiary/aromatic N) is 3. The molecule has 0 N–H and O–H groups in total. The van der Waals surface area contributed by atoms with Crippen LogP contribution < -0.4 is 0 Å². The van der Waals surface area contributed by atoms with Gasteiger partial charge in [-0.3, -0.25) is 4.79 Å². The van der Waals surface area contributed by atoms with Crippen LogP contribution in [0.25, 0.3) is 10.2 Å². The molecule has 2 aromatic carbocycles. The molecular weight excluding hydrogens is 389 g/mol. The topological polar surface area (TPSA) is 70.6 Å². The fourth-order valence-corrected chi connectivity index (χ4v) is 4.46. The van der Waals surface area contributed by atoms with Gasteiger partial charge in [0, 0.05) is 21.1 Å². The molecule has 1 heterocycles. The molecule has 6 nitrogen and oxygen atoms in total. The van der Waals surface area contributed by atoms with Crippen LogP contribution in [0.2, 0.25) is 0 Å². The van der Waals surface area contributed by atoms with E-state index in [1.165, 1.54) is 37.4 Å². The van der Waals surface area contributed by atoms with Crippen molar-refractivity contribution in [2.24, 2.45) is 0 Å². The molecule has 0 aliphatic carbocycles. The number of carbonyl (C=O) groups excluding carboxylic acids is 1. The van der Waals surface area contributed by atoms with Gasteiger partial charge < -0.3 is 4.90 Å². The zero-order chi connectivity index (χ0) is 19.8. The highest BCUT2D eigenvalue weighted by Gasteiger charge is 2.23. The summed E-state index contributed by atoms with van der Waals surface area (Å²) in [6, 6.07) is 10.8. The summed E-state index contributed by atoms with van der Waals surface area (Å²) in [6.07, 6.45) is 0. The van der Waals surface area contributed by atoms with Gasteiger partial charge in [0.05, 0.1) is 27.2 Å². The average molecular weight is 407 g/mol. The van der Waals surface area contributed by atoms with E-state index in [0.29, 0.717) is 5.01 Å². The van der Waals surface area contributed by atoms with E-state index in [2.05, 4.69) is 4.98 Å². The standard InChI is InChI=1S/C18H18FN3O3S2/c1-21(2)27(24,25)12-8-9-14(19)13(10-12)18(23)22(3)11-17-20-15-6-4-5-7-16(15)26-17/h4-10H,11H2,1-3H3. The Labute approximate surface area is 160 Å². The number of hydrogen-bond acceptors (Lipinski definition) is 5. The quantitative estimate of drug-likeness (QED) is 0.652. The fraction of sp³-hybridized carbons (Fsp3) is 0.222. The summed E-state index contributed by atoms with van der Waals surface area (Å²) in [7, 11) is 0.512. The summed E-state index contributed by atoms with van der Waals surface area (Å²) in [5, 5.41) is 0.713. The van der Waals surface area contributed by atoms with Gasteiger partial charge in [-0.25, -0.2) is 22.1 Å². The molecule has 0 spiro atoms. The number of carbonyl (C=O) groups is 1. The molecule has 3 aromatic rings. The van der Waals surface area contributed by atoms with Crippen molar-refractivity contribution < 1.29 is 17.6 Å². The van der Waals surface area contributed by atoms with Crippen molar-refractivity contribution in [3.8, 4) is 0 Å². The third kappa shape index (κ3) is 3.85. The van der Waals surface area contributed by atoms with Crippen LogP contribution >= 0.6 is 11.3 Å². The van der Waals surface area contributed by atoms with E-state index in [4.69, 9.17) is 0 Å². The number of benzene rings is 2. The minimum atomic E-state index is -3.77. The molecule has 0 saturated heterocycles. The Morgan fingerprint density at radius 2 is 1.85 bits per heavy atom. The summed E-state index contributed by atoms with van der Waals surface area (Å²) in [6.45, 7) is 0.197. The summed E-state index contributed by atoms with van der Waals surface area (Å²) >= 11 is 1.45. The van der Waals surface area contributed by atoms with Crippen molar-refractivity contribution in [1.29, 1.82) is 0 Å². The first-order valence-electron chi connectivity index (χ1n) is 8.02. The van der Waals surface area contributed by atoms with Crippen molar-refractivity contribution in [3.63, 3.8) is 0 Å². The highest BCUT2D eigenvalue weighted by molar-refractivity contribution is 7.89. The van der Waals surface area contributed by atoms with Gasteiger partial charge in [0.1, 0.15) is 10.8 Å². The molecule has 0 saturated carbocycles. The first-order chi connectivity index (χ1) is 12.7. The van der Waals surface area contributed by atoms with Gasteiger partial charge in [-0.05, 0) is 30.3 Å². The van der Waals surface area contributed by atoms with Crippen molar-refractivity contribution in [2.75, 3.05) is 21.1 Å². The van der Waals surface area contributed by atoms with E-state index in [1.54, 1.807) is 0 Å². The average Bonchev–Trinajstić information content (AvgIpc) is 3.03. The van der Waals surface area contributed by atoms with E-state index in [-0.39, 0.29) is 17.0 Å². The zero-order valence-corrected chi connectivity index (χ0v) is 16.6. The highest BCUT2D eigenvalue weighted by Crippen LogP contribution is 2.24. The molecule has 3 rings (SSSR count). The smallest absolute Gasteiger partial charge is 0.256 e. The lowest BCUT2D eigenvalue weighted by Gasteiger charge is -2.17. The van der Waals surface area contributed by atoms with Crippen LogP contribution in [-0.2, 0) is 16.6 Å². The second kappa shape index (κ2) is 7.34. The fourth-order valence-electron chi connectivity index (χ4n) is 2.51. The van der Waals surface area contributed by atoms with Crippen LogP contribution in [0, 0.1) is 5.82 Å². The Morgan fingerprint density at radius 3 is 2.52 bits per heavy atom. The van der Waals surface area contributed by atoms with Crippen LogP contribution in [0.1, 0.15) is 15.4 Å². The number of halogens is 1. The number of amides is 1. The largest absolute Gasteiger partial charge is 0.335 e. The minimum Gasteiger partial charge on any atom is -0.335 e. The molecule has 0 unspecified atom stereocenters. The van der Waals surface area contributed by atoms with Crippen molar-refractivity contribution >= 4 is 37.5 Å². The zero-order valence-electron chi connectivity index (χ0n) is 15.0. The lowest BCUT2D eigenvalue weighted by atomic mass is 10.2. The second-order valence-corrected chi connectivity index (χ2v) is 9.43. The molecular formula is C18H18FN3O3S2. The van der Waals surface area contributed by atoms with E-state index < -0.39 is 21.7 Å². The molecule has 0 aliphatic heterocycles. The SMILES string of the molecule is CN(Cc1nc2ccccc2s1)C(=O)c1cc(S(=O)(=O)N(C)C)ccc1F. The Balaban J connectivity index is 1.88. The lowest BCUT2D eigenvalue weighted by Crippen LogP contribution is -2.28. The molecule has 27 heavy (non-hydrogen) atoms. The van der Waals surface area contributed by atoms with E-state index in [0.717, 1.165) is 32.7 Å². The van der Waals surface area contributed by atoms with Gasteiger partial charge in [0.25, 0.3) is 5.91 Å². The van der Waals surface area contributed by atoms with Gasteiger partial charge in [-0.1, -0.05) is 12.1 Å². The van der Waals surface area contributed by atoms with Gasteiger partial charge in [-0.2, -0.15) is 0 Å². The molecule has 0 fully saturated rings. The molecule has 0 bridgehead atoms. The Hall–Kier alpha value is -2.36. The number of fused-ring (bicyclic) bond motifs is 1. The van der Waals surface area contributed by atoms with Gasteiger partial charge >= 0.3 is 0 Å². The van der Waals surface area contributed by atoms with Gasteiger partial charge in [0.15, 0.2) is 0 Å². The summed E-state index contributed by atoms with van der Waals surface area (Å²) in [5.74, 6) is -1.38.